The molecule has 0 aliphatic carbocycles. The summed E-state index contributed by atoms with van der Waals surface area (Å²) in [7, 11) is 0. The summed E-state index contributed by atoms with van der Waals surface area (Å²) < 4.78 is 18.8. The number of rotatable bonds is 5. The van der Waals surface area contributed by atoms with Gasteiger partial charge < -0.3 is 9.84 Å². The van der Waals surface area contributed by atoms with Crippen molar-refractivity contribution in [3.05, 3.63) is 58.2 Å². The van der Waals surface area contributed by atoms with Crippen molar-refractivity contribution in [1.82, 2.24) is 4.98 Å². The summed E-state index contributed by atoms with van der Waals surface area (Å²) in [6.07, 6.45) is 1.30. The Kier molecular flexibility index (Phi) is 4.44. The maximum absolute atomic E-state index is 13.4. The zero-order valence-electron chi connectivity index (χ0n) is 11.2. The van der Waals surface area contributed by atoms with Gasteiger partial charge in [-0.15, -0.1) is 0 Å². The van der Waals surface area contributed by atoms with E-state index in [1.807, 2.05) is 6.92 Å². The first-order valence-corrected chi connectivity index (χ1v) is 6.27. The van der Waals surface area contributed by atoms with E-state index in [-0.39, 0.29) is 5.75 Å². The lowest BCUT2D eigenvalue weighted by molar-refractivity contribution is -0.387. The highest BCUT2D eigenvalue weighted by molar-refractivity contribution is 5.39. The van der Waals surface area contributed by atoms with Crippen LogP contribution in [-0.4, -0.2) is 15.0 Å². The zero-order chi connectivity index (χ0) is 15.4. The fraction of sp³-hybridized carbons (Fsp3) is 0.214. The fourth-order valence-corrected chi connectivity index (χ4v) is 1.69. The van der Waals surface area contributed by atoms with Crippen LogP contribution < -0.4 is 4.74 Å². The van der Waals surface area contributed by atoms with E-state index in [2.05, 4.69) is 4.98 Å². The number of aromatic nitrogens is 1. The van der Waals surface area contributed by atoms with Gasteiger partial charge in [-0.1, -0.05) is 6.92 Å². The van der Waals surface area contributed by atoms with Crippen molar-refractivity contribution in [3.8, 4) is 11.5 Å². The van der Waals surface area contributed by atoms with Crippen molar-refractivity contribution in [1.29, 1.82) is 0 Å². The van der Waals surface area contributed by atoms with Crippen LogP contribution in [0.3, 0.4) is 0 Å². The van der Waals surface area contributed by atoms with E-state index in [9.17, 15) is 19.6 Å². The molecule has 6 nitrogen and oxygen atoms in total. The fourth-order valence-electron chi connectivity index (χ4n) is 1.69. The average molecular weight is 292 g/mol. The predicted octanol–water partition coefficient (Wildman–Crippen LogP) is 3.36. The van der Waals surface area contributed by atoms with Gasteiger partial charge in [-0.2, -0.15) is 4.39 Å². The number of hydrogen-bond acceptors (Lipinski definition) is 5. The highest BCUT2D eigenvalue weighted by Gasteiger charge is 2.14. The van der Waals surface area contributed by atoms with E-state index in [1.54, 1.807) is 12.1 Å². The third kappa shape index (κ3) is 3.51. The summed E-state index contributed by atoms with van der Waals surface area (Å²) >= 11 is 0. The van der Waals surface area contributed by atoms with Crippen LogP contribution in [-0.2, 0) is 0 Å². The average Bonchev–Trinajstić information content (AvgIpc) is 2.47. The highest BCUT2D eigenvalue weighted by Crippen LogP contribution is 2.26. The second kappa shape index (κ2) is 6.27. The van der Waals surface area contributed by atoms with Gasteiger partial charge in [0.05, 0.1) is 22.9 Å². The maximum Gasteiger partial charge on any atom is 0.305 e. The first-order valence-electron chi connectivity index (χ1n) is 6.27. The molecule has 0 radical (unpaired) electrons. The SMILES string of the molecule is CC[C@@H](O)c1ccc(Oc2ccc([N+](=O)[O-])c(F)c2)cn1. The monoisotopic (exact) mass is 292 g/mol. The van der Waals surface area contributed by atoms with E-state index in [0.717, 1.165) is 12.1 Å². The van der Waals surface area contributed by atoms with Crippen LogP contribution >= 0.6 is 0 Å². The third-order valence-electron chi connectivity index (χ3n) is 2.84. The number of nitro benzene ring substituents is 1. The Bertz CT molecular complexity index is 646. The van der Waals surface area contributed by atoms with Crippen molar-refractivity contribution >= 4 is 5.69 Å². The van der Waals surface area contributed by atoms with Crippen molar-refractivity contribution in [3.63, 3.8) is 0 Å². The van der Waals surface area contributed by atoms with Gasteiger partial charge in [0.25, 0.3) is 0 Å². The molecule has 1 aromatic heterocycles. The van der Waals surface area contributed by atoms with Crippen molar-refractivity contribution < 1.29 is 19.2 Å². The summed E-state index contributed by atoms with van der Waals surface area (Å²) in [5, 5.41) is 20.1. The number of aliphatic hydroxyl groups is 1. The van der Waals surface area contributed by atoms with Crippen LogP contribution in [0.2, 0.25) is 0 Å². The molecular formula is C14H13FN2O4. The minimum absolute atomic E-state index is 0.128. The molecule has 0 saturated carbocycles. The number of benzene rings is 1. The molecule has 7 heteroatoms. The van der Waals surface area contributed by atoms with Gasteiger partial charge >= 0.3 is 5.69 Å². The molecule has 2 rings (SSSR count). The van der Waals surface area contributed by atoms with E-state index in [1.165, 1.54) is 12.3 Å². The van der Waals surface area contributed by atoms with Gasteiger partial charge in [0.1, 0.15) is 11.5 Å². The molecule has 1 aromatic carbocycles. The normalized spacial score (nSPS) is 12.0. The second-order valence-corrected chi connectivity index (χ2v) is 4.32. The number of pyridine rings is 1. The molecule has 0 bridgehead atoms. The molecule has 0 unspecified atom stereocenters. The lowest BCUT2D eigenvalue weighted by atomic mass is 10.2. The molecular weight excluding hydrogens is 279 g/mol. The molecule has 2 aromatic rings. The van der Waals surface area contributed by atoms with E-state index >= 15 is 0 Å². The van der Waals surface area contributed by atoms with E-state index in [4.69, 9.17) is 4.74 Å². The van der Waals surface area contributed by atoms with Gasteiger partial charge in [0, 0.05) is 12.1 Å². The molecule has 1 heterocycles. The van der Waals surface area contributed by atoms with Crippen LogP contribution in [0.4, 0.5) is 10.1 Å². The first kappa shape index (κ1) is 14.9. The highest BCUT2D eigenvalue weighted by atomic mass is 19.1. The number of nitro groups is 1. The number of ether oxygens (including phenoxy) is 1. The Morgan fingerprint density at radius 1 is 1.38 bits per heavy atom. The third-order valence-corrected chi connectivity index (χ3v) is 2.84. The standard InChI is InChI=1S/C14H13FN2O4/c1-2-14(18)12-5-3-10(8-16-12)21-9-4-6-13(17(19)20)11(15)7-9/h3-8,14,18H,2H2,1H3/t14-/m1/s1. The second-order valence-electron chi connectivity index (χ2n) is 4.32. The molecule has 0 fully saturated rings. The van der Waals surface area contributed by atoms with Gasteiger partial charge in [-0.05, 0) is 24.6 Å². The molecule has 0 spiro atoms. The largest absolute Gasteiger partial charge is 0.456 e. The van der Waals surface area contributed by atoms with E-state index in [0.29, 0.717) is 17.9 Å². The van der Waals surface area contributed by atoms with Crippen LogP contribution in [0.5, 0.6) is 11.5 Å². The molecule has 1 atom stereocenters. The Morgan fingerprint density at radius 3 is 2.62 bits per heavy atom. The van der Waals surface area contributed by atoms with Crippen molar-refractivity contribution in [2.24, 2.45) is 0 Å². The summed E-state index contributed by atoms with van der Waals surface area (Å²) in [4.78, 5) is 13.7. The Labute approximate surface area is 120 Å². The predicted molar refractivity (Wildman–Crippen MR) is 72.6 cm³/mol. The van der Waals surface area contributed by atoms with Crippen LogP contribution in [0.15, 0.2) is 36.5 Å². The van der Waals surface area contributed by atoms with Crippen LogP contribution in [0.1, 0.15) is 25.1 Å². The summed E-state index contributed by atoms with van der Waals surface area (Å²) in [6, 6.07) is 6.46. The lowest BCUT2D eigenvalue weighted by Gasteiger charge is -2.09. The molecule has 0 saturated heterocycles. The number of nitrogens with zero attached hydrogens (tertiary/aromatic N) is 2. The number of halogens is 1. The topological polar surface area (TPSA) is 85.5 Å². The van der Waals surface area contributed by atoms with Gasteiger partial charge in [-0.3, -0.25) is 15.1 Å². The minimum Gasteiger partial charge on any atom is -0.456 e. The summed E-state index contributed by atoms with van der Waals surface area (Å²) in [5.41, 5.74) is -0.0957. The molecule has 0 aliphatic heterocycles. The summed E-state index contributed by atoms with van der Waals surface area (Å²) in [5.74, 6) is -0.498. The molecule has 1 N–H and O–H groups in total. The molecule has 0 amide bonds. The van der Waals surface area contributed by atoms with Crippen LogP contribution in [0.25, 0.3) is 0 Å². The molecule has 0 aliphatic rings. The van der Waals surface area contributed by atoms with Crippen molar-refractivity contribution in [2.45, 2.75) is 19.4 Å². The van der Waals surface area contributed by atoms with Gasteiger partial charge in [0.2, 0.25) is 5.82 Å². The van der Waals surface area contributed by atoms with Gasteiger partial charge in [0.15, 0.2) is 0 Å². The number of aliphatic hydroxyl groups excluding tert-OH is 1. The van der Waals surface area contributed by atoms with Gasteiger partial charge in [-0.25, -0.2) is 0 Å². The minimum atomic E-state index is -0.969. The molecule has 110 valence electrons. The quantitative estimate of drug-likeness (QED) is 0.674. The van der Waals surface area contributed by atoms with E-state index < -0.39 is 22.5 Å². The first-order chi connectivity index (χ1) is 10.0. The Morgan fingerprint density at radius 2 is 2.10 bits per heavy atom. The maximum atomic E-state index is 13.4. The molecule has 21 heavy (non-hydrogen) atoms. The Balaban J connectivity index is 2.15. The zero-order valence-corrected chi connectivity index (χ0v) is 11.2. The Hall–Kier alpha value is -2.54. The van der Waals surface area contributed by atoms with Crippen LogP contribution in [0, 0.1) is 15.9 Å². The smallest absolute Gasteiger partial charge is 0.305 e. The lowest BCUT2D eigenvalue weighted by Crippen LogP contribution is -1.98. The van der Waals surface area contributed by atoms with Crippen molar-refractivity contribution in [2.75, 3.05) is 0 Å². The summed E-state index contributed by atoms with van der Waals surface area (Å²) in [6.45, 7) is 1.83. The number of hydrogen-bond donors (Lipinski definition) is 1.